The highest BCUT2D eigenvalue weighted by Crippen LogP contribution is 2.32. The van der Waals surface area contributed by atoms with Crippen LogP contribution in [0.5, 0.6) is 0 Å². The molecule has 0 aromatic carbocycles. The highest BCUT2D eigenvalue weighted by Gasteiger charge is 2.31. The summed E-state index contributed by atoms with van der Waals surface area (Å²) in [7, 11) is 0. The highest BCUT2D eigenvalue weighted by molar-refractivity contribution is 5.19. The fraction of sp³-hybridized carbons (Fsp3) is 0.800. The van der Waals surface area contributed by atoms with Crippen LogP contribution >= 0.6 is 0 Å². The average molecular weight is 250 g/mol. The van der Waals surface area contributed by atoms with Crippen LogP contribution in [-0.2, 0) is 4.84 Å². The van der Waals surface area contributed by atoms with E-state index in [1.54, 1.807) is 0 Å². The van der Waals surface area contributed by atoms with Gasteiger partial charge in [0.05, 0.1) is 0 Å². The topological polar surface area (TPSA) is 36.3 Å². The minimum Gasteiger partial charge on any atom is -0.374 e. The van der Waals surface area contributed by atoms with Gasteiger partial charge in [0.15, 0.2) is 0 Å². The second-order valence-corrected chi connectivity index (χ2v) is 5.07. The lowest BCUT2D eigenvalue weighted by Gasteiger charge is -2.19. The molecule has 1 aliphatic heterocycles. The number of nitriles is 1. The van der Waals surface area contributed by atoms with E-state index in [9.17, 15) is 0 Å². The lowest BCUT2D eigenvalue weighted by molar-refractivity contribution is -0.0641. The molecule has 1 unspecified atom stereocenters. The summed E-state index contributed by atoms with van der Waals surface area (Å²) in [6.07, 6.45) is 11.6. The Hall–Kier alpha value is -1.17. The molecular weight excluding hydrogens is 224 g/mol. The Morgan fingerprint density at radius 1 is 1.17 bits per heavy atom. The smallest absolute Gasteiger partial charge is 0.216 e. The molecule has 18 heavy (non-hydrogen) atoms. The van der Waals surface area contributed by atoms with E-state index in [0.717, 1.165) is 18.6 Å². The molecule has 0 saturated carbocycles. The molecule has 0 fully saturated rings. The van der Waals surface area contributed by atoms with Crippen molar-refractivity contribution in [1.29, 1.82) is 5.26 Å². The highest BCUT2D eigenvalue weighted by atomic mass is 16.7. The first-order valence-corrected chi connectivity index (χ1v) is 7.31. The van der Waals surface area contributed by atoms with Gasteiger partial charge in [0.25, 0.3) is 0 Å². The lowest BCUT2D eigenvalue weighted by atomic mass is 9.95. The molecule has 1 heterocycles. The van der Waals surface area contributed by atoms with Crippen molar-refractivity contribution in [3.05, 3.63) is 11.3 Å². The molecule has 1 atom stereocenters. The zero-order valence-corrected chi connectivity index (χ0v) is 12.0. The molecule has 0 aromatic rings. The van der Waals surface area contributed by atoms with Crippen molar-refractivity contribution in [2.45, 2.75) is 78.2 Å². The third kappa shape index (κ3) is 3.94. The molecule has 0 radical (unpaired) electrons. The molecular formula is C15H26N2O. The normalized spacial score (nSPS) is 19.0. The standard InChI is InChI=1S/C15H26N2O/c1-4-6-8-10-14-13(3)18-17(12-16)15(14)11-9-7-5-2/h15H,4-11H2,1-3H3. The summed E-state index contributed by atoms with van der Waals surface area (Å²) in [4.78, 5) is 5.55. The Morgan fingerprint density at radius 3 is 2.44 bits per heavy atom. The molecule has 1 aliphatic rings. The van der Waals surface area contributed by atoms with Crippen LogP contribution in [-0.4, -0.2) is 11.1 Å². The van der Waals surface area contributed by atoms with E-state index in [-0.39, 0.29) is 6.04 Å². The van der Waals surface area contributed by atoms with E-state index in [1.165, 1.54) is 49.2 Å². The molecule has 0 aliphatic carbocycles. The van der Waals surface area contributed by atoms with Gasteiger partial charge in [-0.25, -0.2) is 0 Å². The molecule has 3 nitrogen and oxygen atoms in total. The second-order valence-electron chi connectivity index (χ2n) is 5.07. The van der Waals surface area contributed by atoms with E-state index >= 15 is 0 Å². The van der Waals surface area contributed by atoms with Crippen LogP contribution < -0.4 is 0 Å². The van der Waals surface area contributed by atoms with Gasteiger partial charge < -0.3 is 4.84 Å². The zero-order chi connectivity index (χ0) is 13.4. The monoisotopic (exact) mass is 250 g/mol. The van der Waals surface area contributed by atoms with Gasteiger partial charge in [0.2, 0.25) is 6.19 Å². The van der Waals surface area contributed by atoms with Gasteiger partial charge in [0.1, 0.15) is 11.8 Å². The van der Waals surface area contributed by atoms with Crippen molar-refractivity contribution in [1.82, 2.24) is 5.06 Å². The van der Waals surface area contributed by atoms with Crippen LogP contribution in [0.1, 0.15) is 72.1 Å². The number of hydroxylamine groups is 2. The molecule has 0 amide bonds. The summed E-state index contributed by atoms with van der Waals surface area (Å²) in [5.41, 5.74) is 1.35. The second kappa shape index (κ2) is 8.02. The number of unbranched alkanes of at least 4 members (excludes halogenated alkanes) is 4. The van der Waals surface area contributed by atoms with Crippen LogP contribution in [0.3, 0.4) is 0 Å². The van der Waals surface area contributed by atoms with E-state index in [2.05, 4.69) is 20.0 Å². The number of allylic oxidation sites excluding steroid dienone is 1. The van der Waals surface area contributed by atoms with Crippen LogP contribution in [0.2, 0.25) is 0 Å². The van der Waals surface area contributed by atoms with Gasteiger partial charge >= 0.3 is 0 Å². The zero-order valence-electron chi connectivity index (χ0n) is 12.0. The average Bonchev–Trinajstić information content (AvgIpc) is 2.67. The van der Waals surface area contributed by atoms with Gasteiger partial charge in [0, 0.05) is 0 Å². The summed E-state index contributed by atoms with van der Waals surface area (Å²) < 4.78 is 0. The van der Waals surface area contributed by atoms with Crippen molar-refractivity contribution < 1.29 is 4.84 Å². The Kier molecular flexibility index (Phi) is 6.64. The van der Waals surface area contributed by atoms with Gasteiger partial charge in [-0.1, -0.05) is 46.0 Å². The van der Waals surface area contributed by atoms with Gasteiger partial charge in [-0.15, -0.1) is 5.06 Å². The molecule has 0 aromatic heterocycles. The SMILES string of the molecule is CCCCCC1=C(C)ON(C#N)C1CCCCC. The van der Waals surface area contributed by atoms with Crippen molar-refractivity contribution >= 4 is 0 Å². The van der Waals surface area contributed by atoms with Crippen LogP contribution in [0.4, 0.5) is 0 Å². The molecule has 0 spiro atoms. The minimum atomic E-state index is 0.193. The fourth-order valence-electron chi connectivity index (χ4n) is 2.52. The number of hydrogen-bond donors (Lipinski definition) is 0. The Bertz CT molecular complexity index is 317. The van der Waals surface area contributed by atoms with Gasteiger partial charge in [-0.05, 0) is 31.8 Å². The molecule has 3 heteroatoms. The Balaban J connectivity index is 2.57. The first kappa shape index (κ1) is 14.9. The maximum Gasteiger partial charge on any atom is 0.216 e. The van der Waals surface area contributed by atoms with Crippen molar-refractivity contribution in [3.63, 3.8) is 0 Å². The fourth-order valence-corrected chi connectivity index (χ4v) is 2.52. The largest absolute Gasteiger partial charge is 0.374 e. The molecule has 102 valence electrons. The maximum atomic E-state index is 9.12. The molecule has 0 N–H and O–H groups in total. The predicted molar refractivity (Wildman–Crippen MR) is 73.3 cm³/mol. The maximum absolute atomic E-state index is 9.12. The van der Waals surface area contributed by atoms with Crippen molar-refractivity contribution in [3.8, 4) is 6.19 Å². The van der Waals surface area contributed by atoms with Crippen molar-refractivity contribution in [2.24, 2.45) is 0 Å². The number of rotatable bonds is 8. The lowest BCUT2D eigenvalue weighted by Crippen LogP contribution is -2.26. The first-order valence-electron chi connectivity index (χ1n) is 7.31. The van der Waals surface area contributed by atoms with E-state index in [1.807, 2.05) is 6.92 Å². The molecule has 1 rings (SSSR count). The Labute approximate surface area is 111 Å². The van der Waals surface area contributed by atoms with Gasteiger partial charge in [-0.3, -0.25) is 0 Å². The third-order valence-corrected chi connectivity index (χ3v) is 3.60. The van der Waals surface area contributed by atoms with Crippen LogP contribution in [0.25, 0.3) is 0 Å². The first-order chi connectivity index (χ1) is 8.74. The number of hydrogen-bond acceptors (Lipinski definition) is 3. The quantitative estimate of drug-likeness (QED) is 0.469. The Morgan fingerprint density at radius 2 is 1.83 bits per heavy atom. The van der Waals surface area contributed by atoms with E-state index in [4.69, 9.17) is 10.1 Å². The van der Waals surface area contributed by atoms with E-state index in [0.29, 0.717) is 0 Å². The number of nitrogens with zero attached hydrogens (tertiary/aromatic N) is 2. The van der Waals surface area contributed by atoms with Crippen LogP contribution in [0, 0.1) is 11.5 Å². The summed E-state index contributed by atoms with van der Waals surface area (Å²) in [6, 6.07) is 0.193. The van der Waals surface area contributed by atoms with Gasteiger partial charge in [-0.2, -0.15) is 5.26 Å². The summed E-state index contributed by atoms with van der Waals surface area (Å²) in [5, 5.41) is 10.6. The minimum absolute atomic E-state index is 0.193. The van der Waals surface area contributed by atoms with Crippen molar-refractivity contribution in [2.75, 3.05) is 0 Å². The third-order valence-electron chi connectivity index (χ3n) is 3.60. The van der Waals surface area contributed by atoms with Crippen LogP contribution in [0.15, 0.2) is 11.3 Å². The van der Waals surface area contributed by atoms with E-state index < -0.39 is 0 Å². The molecule has 0 saturated heterocycles. The summed E-state index contributed by atoms with van der Waals surface area (Å²) in [6.45, 7) is 6.41. The predicted octanol–water partition coefficient (Wildman–Crippen LogP) is 4.52. The molecule has 0 bridgehead atoms. The summed E-state index contributed by atoms with van der Waals surface area (Å²) >= 11 is 0. The summed E-state index contributed by atoms with van der Waals surface area (Å²) in [5.74, 6) is 0.953.